The van der Waals surface area contributed by atoms with E-state index in [0.717, 1.165) is 21.0 Å². The highest BCUT2D eigenvalue weighted by molar-refractivity contribution is 7.16. The van der Waals surface area contributed by atoms with Crippen LogP contribution in [0.3, 0.4) is 0 Å². The molecule has 0 N–H and O–H groups in total. The Hall–Kier alpha value is -3.18. The molecule has 0 fully saturated rings. The normalized spacial score (nSPS) is 11.9. The van der Waals surface area contributed by atoms with Gasteiger partial charge in [0.15, 0.2) is 4.80 Å². The molecule has 4 nitrogen and oxygen atoms in total. The minimum absolute atomic E-state index is 0.297. The van der Waals surface area contributed by atoms with Crippen molar-refractivity contribution in [3.05, 3.63) is 82.7 Å². The van der Waals surface area contributed by atoms with E-state index in [1.165, 1.54) is 22.5 Å². The Morgan fingerprint density at radius 2 is 2.00 bits per heavy atom. The van der Waals surface area contributed by atoms with Gasteiger partial charge in [-0.2, -0.15) is 4.99 Å². The second-order valence-corrected chi connectivity index (χ2v) is 8.20. The third kappa shape index (κ3) is 3.57. The minimum Gasteiger partial charge on any atom is -0.493 e. The Bertz CT molecular complexity index is 1340. The Labute approximate surface area is 179 Å². The van der Waals surface area contributed by atoms with Crippen molar-refractivity contribution in [1.82, 2.24) is 4.57 Å². The van der Waals surface area contributed by atoms with Crippen LogP contribution in [0.5, 0.6) is 5.75 Å². The predicted octanol–water partition coefficient (Wildman–Crippen LogP) is 5.80. The van der Waals surface area contributed by atoms with Gasteiger partial charge in [0.25, 0.3) is 5.91 Å². The molecule has 0 aliphatic heterocycles. The van der Waals surface area contributed by atoms with Crippen molar-refractivity contribution in [3.8, 4) is 5.75 Å². The third-order valence-electron chi connectivity index (χ3n) is 5.03. The van der Waals surface area contributed by atoms with Gasteiger partial charge in [-0.05, 0) is 54.8 Å². The van der Waals surface area contributed by atoms with Gasteiger partial charge in [0.2, 0.25) is 0 Å². The first-order valence-corrected chi connectivity index (χ1v) is 10.8. The molecule has 4 rings (SSSR count). The predicted molar refractivity (Wildman–Crippen MR) is 124 cm³/mol. The lowest BCUT2D eigenvalue weighted by Gasteiger charge is -2.10. The van der Waals surface area contributed by atoms with E-state index in [-0.39, 0.29) is 5.91 Å². The Kier molecular flexibility index (Phi) is 5.55. The molecule has 0 saturated carbocycles. The van der Waals surface area contributed by atoms with Crippen LogP contribution < -0.4 is 9.54 Å². The van der Waals surface area contributed by atoms with Gasteiger partial charge in [-0.3, -0.25) is 4.79 Å². The Morgan fingerprint density at radius 1 is 1.20 bits per heavy atom. The van der Waals surface area contributed by atoms with Crippen molar-refractivity contribution in [2.45, 2.75) is 27.3 Å². The quantitative estimate of drug-likeness (QED) is 0.386. The molecule has 0 unspecified atom stereocenters. The molecule has 30 heavy (non-hydrogen) atoms. The maximum Gasteiger partial charge on any atom is 0.284 e. The fourth-order valence-electron chi connectivity index (χ4n) is 3.79. The average molecular weight is 417 g/mol. The molecular formula is C25H24N2O2S. The van der Waals surface area contributed by atoms with Crippen LogP contribution in [-0.4, -0.2) is 17.1 Å². The van der Waals surface area contributed by atoms with E-state index >= 15 is 0 Å². The number of fused-ring (bicyclic) bond motifs is 2. The van der Waals surface area contributed by atoms with Crippen LogP contribution >= 0.6 is 11.3 Å². The smallest absolute Gasteiger partial charge is 0.284 e. The van der Waals surface area contributed by atoms with Crippen LogP contribution in [0.2, 0.25) is 0 Å². The van der Waals surface area contributed by atoms with E-state index in [0.29, 0.717) is 29.3 Å². The summed E-state index contributed by atoms with van der Waals surface area (Å²) >= 11 is 1.53. The lowest BCUT2D eigenvalue weighted by atomic mass is 10.0. The molecule has 0 atom stereocenters. The van der Waals surface area contributed by atoms with Crippen LogP contribution in [0.15, 0.2) is 66.2 Å². The summed E-state index contributed by atoms with van der Waals surface area (Å²) in [7, 11) is 0. The van der Waals surface area contributed by atoms with Crippen molar-refractivity contribution in [2.75, 3.05) is 6.61 Å². The number of ether oxygens (including phenoxy) is 1. The van der Waals surface area contributed by atoms with Gasteiger partial charge < -0.3 is 9.30 Å². The monoisotopic (exact) mass is 416 g/mol. The molecule has 0 saturated heterocycles. The van der Waals surface area contributed by atoms with E-state index in [4.69, 9.17) is 4.74 Å². The fraction of sp³-hybridized carbons (Fsp3) is 0.200. The molecule has 0 bridgehead atoms. The standard InChI is InChI=1S/C25H24N2O2S/c1-5-13-27-20-15-16(3)14-17(4)23(20)30-25(27)26-24(28)22-19-10-8-7-9-18(19)11-12-21(22)29-6-2/h5,7-12,14-15H,1,6,13H2,2-4H3. The van der Waals surface area contributed by atoms with E-state index in [1.807, 2.05) is 49.4 Å². The van der Waals surface area contributed by atoms with Crippen molar-refractivity contribution >= 4 is 38.2 Å². The molecule has 0 radical (unpaired) electrons. The van der Waals surface area contributed by atoms with E-state index in [9.17, 15) is 4.79 Å². The van der Waals surface area contributed by atoms with E-state index in [2.05, 4.69) is 42.1 Å². The number of rotatable bonds is 5. The number of aryl methyl sites for hydroxylation is 2. The molecule has 1 amide bonds. The summed E-state index contributed by atoms with van der Waals surface area (Å²) in [6.07, 6.45) is 1.83. The molecule has 0 aliphatic carbocycles. The molecule has 5 heteroatoms. The highest BCUT2D eigenvalue weighted by atomic mass is 32.1. The summed E-state index contributed by atoms with van der Waals surface area (Å²) in [6.45, 7) is 11.0. The molecule has 1 aromatic heterocycles. The van der Waals surface area contributed by atoms with Gasteiger partial charge in [-0.1, -0.05) is 53.8 Å². The van der Waals surface area contributed by atoms with Crippen LogP contribution in [0.25, 0.3) is 21.0 Å². The highest BCUT2D eigenvalue weighted by Gasteiger charge is 2.17. The first-order valence-electron chi connectivity index (χ1n) is 9.98. The molecule has 3 aromatic carbocycles. The average Bonchev–Trinajstić information content (AvgIpc) is 3.06. The summed E-state index contributed by atoms with van der Waals surface area (Å²) in [6, 6.07) is 15.9. The van der Waals surface area contributed by atoms with Gasteiger partial charge in [0.1, 0.15) is 5.75 Å². The van der Waals surface area contributed by atoms with Crippen molar-refractivity contribution in [3.63, 3.8) is 0 Å². The van der Waals surface area contributed by atoms with Crippen molar-refractivity contribution < 1.29 is 9.53 Å². The minimum atomic E-state index is -0.297. The highest BCUT2D eigenvalue weighted by Crippen LogP contribution is 2.29. The molecule has 0 aliphatic rings. The zero-order chi connectivity index (χ0) is 21.3. The summed E-state index contributed by atoms with van der Waals surface area (Å²) < 4.78 is 8.96. The number of aromatic nitrogens is 1. The molecule has 1 heterocycles. The fourth-order valence-corrected chi connectivity index (χ4v) is 4.88. The first kappa shape index (κ1) is 20.1. The largest absolute Gasteiger partial charge is 0.493 e. The Morgan fingerprint density at radius 3 is 2.77 bits per heavy atom. The maximum absolute atomic E-state index is 13.4. The zero-order valence-corrected chi connectivity index (χ0v) is 18.3. The number of hydrogen-bond acceptors (Lipinski definition) is 3. The molecule has 152 valence electrons. The van der Waals surface area contributed by atoms with Crippen LogP contribution in [0.4, 0.5) is 0 Å². The van der Waals surface area contributed by atoms with Crippen LogP contribution in [0.1, 0.15) is 28.4 Å². The summed E-state index contributed by atoms with van der Waals surface area (Å²) in [4.78, 5) is 18.7. The number of benzene rings is 3. The third-order valence-corrected chi connectivity index (χ3v) is 6.26. The van der Waals surface area contributed by atoms with Gasteiger partial charge in [0.05, 0.1) is 22.4 Å². The van der Waals surface area contributed by atoms with Crippen LogP contribution in [-0.2, 0) is 6.54 Å². The number of allylic oxidation sites excluding steroid dienone is 1. The van der Waals surface area contributed by atoms with Crippen molar-refractivity contribution in [1.29, 1.82) is 0 Å². The topological polar surface area (TPSA) is 43.6 Å². The maximum atomic E-state index is 13.4. The number of carbonyl (C=O) groups is 1. The van der Waals surface area contributed by atoms with Gasteiger partial charge >= 0.3 is 0 Å². The summed E-state index contributed by atoms with van der Waals surface area (Å²) in [5, 5.41) is 1.84. The molecule has 0 spiro atoms. The number of carbonyl (C=O) groups excluding carboxylic acids is 1. The lowest BCUT2D eigenvalue weighted by molar-refractivity contribution is 0.0996. The van der Waals surface area contributed by atoms with Gasteiger partial charge in [-0.25, -0.2) is 0 Å². The number of thiazole rings is 1. The zero-order valence-electron chi connectivity index (χ0n) is 17.4. The number of hydrogen-bond donors (Lipinski definition) is 0. The second-order valence-electron chi connectivity index (χ2n) is 7.22. The molecule has 4 aromatic rings. The molecular weight excluding hydrogens is 392 g/mol. The second kappa shape index (κ2) is 8.28. The number of nitrogens with zero attached hydrogens (tertiary/aromatic N) is 2. The Balaban J connectivity index is 1.97. The first-order chi connectivity index (χ1) is 14.5. The number of amides is 1. The van der Waals surface area contributed by atoms with Crippen LogP contribution in [0, 0.1) is 13.8 Å². The van der Waals surface area contributed by atoms with E-state index < -0.39 is 0 Å². The van der Waals surface area contributed by atoms with Gasteiger partial charge in [-0.15, -0.1) is 6.58 Å². The summed E-state index contributed by atoms with van der Waals surface area (Å²) in [5.41, 5.74) is 3.94. The van der Waals surface area contributed by atoms with Crippen molar-refractivity contribution in [2.24, 2.45) is 4.99 Å². The van der Waals surface area contributed by atoms with E-state index in [1.54, 1.807) is 0 Å². The van der Waals surface area contributed by atoms with Gasteiger partial charge in [0, 0.05) is 6.54 Å². The summed E-state index contributed by atoms with van der Waals surface area (Å²) in [5.74, 6) is 0.266. The lowest BCUT2D eigenvalue weighted by Crippen LogP contribution is -2.17. The SMILES string of the molecule is C=CCn1c(=NC(=O)c2c(OCC)ccc3ccccc23)sc2c(C)cc(C)cc21.